The fourth-order valence-corrected chi connectivity index (χ4v) is 2.11. The van der Waals surface area contributed by atoms with E-state index in [0.717, 1.165) is 6.42 Å². The fraction of sp³-hybridized carbons (Fsp3) is 0.846. The van der Waals surface area contributed by atoms with Crippen LogP contribution in [0.5, 0.6) is 0 Å². The highest BCUT2D eigenvalue weighted by atomic mass is 16.5. The Morgan fingerprint density at radius 3 is 2.67 bits per heavy atom. The van der Waals surface area contributed by atoms with E-state index >= 15 is 0 Å². The lowest BCUT2D eigenvalue weighted by Gasteiger charge is -2.21. The molecule has 8 nitrogen and oxygen atoms in total. The summed E-state index contributed by atoms with van der Waals surface area (Å²) in [5.74, 6) is -0.832. The van der Waals surface area contributed by atoms with Gasteiger partial charge in [0.2, 0.25) is 0 Å². The van der Waals surface area contributed by atoms with Gasteiger partial charge >= 0.3 is 12.0 Å². The molecule has 122 valence electrons. The number of hydrogen-bond donors (Lipinski definition) is 2. The molecule has 0 bridgehead atoms. The zero-order chi connectivity index (χ0) is 15.5. The zero-order valence-corrected chi connectivity index (χ0v) is 12.5. The Morgan fingerprint density at radius 1 is 1.14 bits per heavy atom. The van der Waals surface area contributed by atoms with Gasteiger partial charge in [0.15, 0.2) is 0 Å². The van der Waals surface area contributed by atoms with Gasteiger partial charge in [0, 0.05) is 39.8 Å². The van der Waals surface area contributed by atoms with Gasteiger partial charge in [0.1, 0.15) is 0 Å². The maximum Gasteiger partial charge on any atom is 0.317 e. The van der Waals surface area contributed by atoms with E-state index in [1.165, 1.54) is 0 Å². The molecule has 0 aromatic carbocycles. The molecule has 0 unspecified atom stereocenters. The number of nitrogens with zero attached hydrogens (tertiary/aromatic N) is 2. The number of carbonyl (C=O) groups excluding carboxylic acids is 1. The third kappa shape index (κ3) is 7.84. The van der Waals surface area contributed by atoms with Crippen LogP contribution in [0.2, 0.25) is 0 Å². The van der Waals surface area contributed by atoms with Crippen LogP contribution in [-0.2, 0) is 14.3 Å². The van der Waals surface area contributed by atoms with Crippen molar-refractivity contribution in [2.45, 2.75) is 6.42 Å². The van der Waals surface area contributed by atoms with E-state index in [0.29, 0.717) is 52.5 Å². The maximum absolute atomic E-state index is 12.0. The summed E-state index contributed by atoms with van der Waals surface area (Å²) < 4.78 is 10.1. The molecule has 2 N–H and O–H groups in total. The monoisotopic (exact) mass is 303 g/mol. The molecule has 8 heteroatoms. The second-order valence-electron chi connectivity index (χ2n) is 4.85. The highest BCUT2D eigenvalue weighted by Gasteiger charge is 2.19. The van der Waals surface area contributed by atoms with Crippen molar-refractivity contribution in [3.63, 3.8) is 0 Å². The average Bonchev–Trinajstić information content (AvgIpc) is 2.67. The highest BCUT2D eigenvalue weighted by Crippen LogP contribution is 2.03. The minimum absolute atomic E-state index is 0.0306. The second-order valence-corrected chi connectivity index (χ2v) is 4.85. The molecule has 1 rings (SSSR count). The molecule has 0 spiro atoms. The Balaban J connectivity index is 2.17. The third-order valence-electron chi connectivity index (χ3n) is 3.19. The van der Waals surface area contributed by atoms with Crippen molar-refractivity contribution in [3.05, 3.63) is 0 Å². The Labute approximate surface area is 125 Å². The first-order valence-electron chi connectivity index (χ1n) is 7.17. The van der Waals surface area contributed by atoms with Crippen LogP contribution in [0.25, 0.3) is 0 Å². The standard InChI is InChI=1S/C13H25N3O5/c1-20-9-10-21-8-3-14-13(19)16-5-2-4-15(6-7-16)11-12(17)18/h2-11H2,1H3,(H,14,19)(H,17,18). The number of aliphatic carboxylic acids is 1. The molecule has 1 fully saturated rings. The SMILES string of the molecule is COCCOCCNC(=O)N1CCCN(CC(=O)O)CC1. The number of urea groups is 1. The van der Waals surface area contributed by atoms with E-state index in [-0.39, 0.29) is 12.6 Å². The number of hydrogen-bond acceptors (Lipinski definition) is 5. The number of carboxylic acids is 1. The number of nitrogens with one attached hydrogen (secondary N) is 1. The third-order valence-corrected chi connectivity index (χ3v) is 3.19. The van der Waals surface area contributed by atoms with Gasteiger partial charge in [0.25, 0.3) is 0 Å². The molecule has 0 aromatic heterocycles. The minimum atomic E-state index is -0.832. The number of rotatable bonds is 8. The number of carboxylic acid groups (broad SMARTS) is 1. The van der Waals surface area contributed by atoms with Gasteiger partial charge in [-0.05, 0) is 6.42 Å². The van der Waals surface area contributed by atoms with Crippen LogP contribution in [0.15, 0.2) is 0 Å². The predicted molar refractivity (Wildman–Crippen MR) is 76.4 cm³/mol. The normalized spacial score (nSPS) is 16.5. The summed E-state index contributed by atoms with van der Waals surface area (Å²) in [5, 5.41) is 11.6. The van der Waals surface area contributed by atoms with Gasteiger partial charge in [-0.15, -0.1) is 0 Å². The molecule has 2 amide bonds. The van der Waals surface area contributed by atoms with E-state index in [2.05, 4.69) is 5.32 Å². The van der Waals surface area contributed by atoms with Crippen LogP contribution >= 0.6 is 0 Å². The summed E-state index contributed by atoms with van der Waals surface area (Å²) >= 11 is 0. The Kier molecular flexibility index (Phi) is 8.72. The summed E-state index contributed by atoms with van der Waals surface area (Å²) in [6.07, 6.45) is 0.783. The van der Waals surface area contributed by atoms with Crippen molar-refractivity contribution < 1.29 is 24.2 Å². The number of methoxy groups -OCH3 is 1. The minimum Gasteiger partial charge on any atom is -0.480 e. The van der Waals surface area contributed by atoms with Crippen molar-refractivity contribution in [1.82, 2.24) is 15.1 Å². The number of carbonyl (C=O) groups is 2. The molecule has 1 heterocycles. The molecule has 1 saturated heterocycles. The Morgan fingerprint density at radius 2 is 1.95 bits per heavy atom. The van der Waals surface area contributed by atoms with Crippen molar-refractivity contribution in [2.24, 2.45) is 0 Å². The Bertz CT molecular complexity index is 327. The molecular formula is C13H25N3O5. The first-order chi connectivity index (χ1) is 10.1. The number of amides is 2. The van der Waals surface area contributed by atoms with E-state index in [1.54, 1.807) is 12.0 Å². The van der Waals surface area contributed by atoms with Crippen molar-refractivity contribution in [2.75, 3.05) is 66.2 Å². The summed E-state index contributed by atoms with van der Waals surface area (Å²) in [4.78, 5) is 26.2. The van der Waals surface area contributed by atoms with Gasteiger partial charge < -0.3 is 24.8 Å². The molecule has 1 aliphatic rings. The molecule has 0 aliphatic carbocycles. The quantitative estimate of drug-likeness (QED) is 0.585. The summed E-state index contributed by atoms with van der Waals surface area (Å²) in [6.45, 7) is 4.48. The smallest absolute Gasteiger partial charge is 0.317 e. The summed E-state index contributed by atoms with van der Waals surface area (Å²) in [5.41, 5.74) is 0. The lowest BCUT2D eigenvalue weighted by Crippen LogP contribution is -2.43. The first kappa shape index (κ1) is 17.7. The van der Waals surface area contributed by atoms with E-state index < -0.39 is 5.97 Å². The van der Waals surface area contributed by atoms with E-state index in [4.69, 9.17) is 14.6 Å². The number of ether oxygens (including phenoxy) is 2. The zero-order valence-electron chi connectivity index (χ0n) is 12.5. The van der Waals surface area contributed by atoms with Gasteiger partial charge in [-0.25, -0.2) is 4.79 Å². The van der Waals surface area contributed by atoms with Crippen LogP contribution in [0.3, 0.4) is 0 Å². The topological polar surface area (TPSA) is 91.3 Å². The van der Waals surface area contributed by atoms with Crippen LogP contribution in [0.1, 0.15) is 6.42 Å². The lowest BCUT2D eigenvalue weighted by atomic mass is 10.4. The maximum atomic E-state index is 12.0. The molecule has 0 atom stereocenters. The summed E-state index contributed by atoms with van der Waals surface area (Å²) in [6, 6.07) is -0.123. The average molecular weight is 303 g/mol. The second kappa shape index (κ2) is 10.4. The molecule has 0 saturated carbocycles. The van der Waals surface area contributed by atoms with Crippen LogP contribution in [0, 0.1) is 0 Å². The summed E-state index contributed by atoms with van der Waals surface area (Å²) in [7, 11) is 1.61. The predicted octanol–water partition coefficient (Wildman–Crippen LogP) is -0.549. The lowest BCUT2D eigenvalue weighted by molar-refractivity contribution is -0.138. The first-order valence-corrected chi connectivity index (χ1v) is 7.17. The Hall–Kier alpha value is -1.38. The van der Waals surface area contributed by atoms with E-state index in [9.17, 15) is 9.59 Å². The molecule has 0 aromatic rings. The molecule has 1 aliphatic heterocycles. The highest BCUT2D eigenvalue weighted by molar-refractivity contribution is 5.74. The van der Waals surface area contributed by atoms with Crippen molar-refractivity contribution in [1.29, 1.82) is 0 Å². The molecule has 0 radical (unpaired) electrons. The van der Waals surface area contributed by atoms with Gasteiger partial charge in [0.05, 0.1) is 26.4 Å². The molecule has 21 heavy (non-hydrogen) atoms. The van der Waals surface area contributed by atoms with E-state index in [1.807, 2.05) is 4.90 Å². The fourth-order valence-electron chi connectivity index (χ4n) is 2.11. The van der Waals surface area contributed by atoms with Crippen LogP contribution in [-0.4, -0.2) is 93.1 Å². The van der Waals surface area contributed by atoms with Gasteiger partial charge in [-0.2, -0.15) is 0 Å². The van der Waals surface area contributed by atoms with Crippen molar-refractivity contribution in [3.8, 4) is 0 Å². The van der Waals surface area contributed by atoms with Gasteiger partial charge in [-0.1, -0.05) is 0 Å². The largest absolute Gasteiger partial charge is 0.480 e. The molecular weight excluding hydrogens is 278 g/mol. The van der Waals surface area contributed by atoms with Crippen LogP contribution in [0.4, 0.5) is 4.79 Å². The van der Waals surface area contributed by atoms with Crippen LogP contribution < -0.4 is 5.32 Å². The van der Waals surface area contributed by atoms with Gasteiger partial charge in [-0.3, -0.25) is 9.69 Å². The van der Waals surface area contributed by atoms with Crippen molar-refractivity contribution >= 4 is 12.0 Å².